The third-order valence-electron chi connectivity index (χ3n) is 2.96. The number of hydrogen-bond donors (Lipinski definition) is 3. The van der Waals surface area contributed by atoms with E-state index < -0.39 is 15.8 Å². The van der Waals surface area contributed by atoms with Gasteiger partial charge in [-0.05, 0) is 43.5 Å². The number of amides is 1. The van der Waals surface area contributed by atoms with Gasteiger partial charge < -0.3 is 10.6 Å². The summed E-state index contributed by atoms with van der Waals surface area (Å²) in [5, 5.41) is 5.62. The summed E-state index contributed by atoms with van der Waals surface area (Å²) in [7, 11) is -3.58. The van der Waals surface area contributed by atoms with Gasteiger partial charge in [0.05, 0.1) is 18.5 Å². The van der Waals surface area contributed by atoms with Gasteiger partial charge >= 0.3 is 0 Å². The van der Waals surface area contributed by atoms with Crippen LogP contribution in [0.1, 0.15) is 12.8 Å². The largest absolute Gasteiger partial charge is 0.325 e. The van der Waals surface area contributed by atoms with Gasteiger partial charge in [-0.15, -0.1) is 0 Å². The summed E-state index contributed by atoms with van der Waals surface area (Å²) in [6, 6.07) is 3.72. The normalized spacial score (nSPS) is 14.8. The number of anilines is 2. The van der Waals surface area contributed by atoms with E-state index in [4.69, 9.17) is 0 Å². The van der Waals surface area contributed by atoms with Crippen LogP contribution in [-0.2, 0) is 14.8 Å². The summed E-state index contributed by atoms with van der Waals surface area (Å²) in [4.78, 5) is 11.7. The minimum Gasteiger partial charge on any atom is -0.325 e. The highest BCUT2D eigenvalue weighted by molar-refractivity contribution is 7.92. The number of benzene rings is 1. The maximum atomic E-state index is 13.5. The molecule has 0 unspecified atom stereocenters. The fraction of sp³-hybridized carbons (Fsp3) is 0.462. The summed E-state index contributed by atoms with van der Waals surface area (Å²) in [5.41, 5.74) is 0.141. The number of halogens is 1. The first-order chi connectivity index (χ1) is 9.83. The predicted molar refractivity (Wildman–Crippen MR) is 79.1 cm³/mol. The lowest BCUT2D eigenvalue weighted by Gasteiger charge is -2.10. The van der Waals surface area contributed by atoms with Crippen LogP contribution in [0, 0.1) is 11.7 Å². The SMILES string of the molecule is CS(=O)(=O)Nc1cc(NC(=O)CNCC2CC2)ccc1F. The van der Waals surface area contributed by atoms with Crippen molar-refractivity contribution in [1.29, 1.82) is 0 Å². The summed E-state index contributed by atoms with van der Waals surface area (Å²) in [6.07, 6.45) is 3.33. The van der Waals surface area contributed by atoms with E-state index in [1.807, 2.05) is 0 Å². The lowest BCUT2D eigenvalue weighted by atomic mass is 10.2. The molecule has 21 heavy (non-hydrogen) atoms. The molecule has 0 saturated heterocycles. The van der Waals surface area contributed by atoms with Gasteiger partial charge in [0.1, 0.15) is 5.82 Å². The Labute approximate surface area is 123 Å². The molecular formula is C13H18FN3O3S. The van der Waals surface area contributed by atoms with Crippen molar-refractivity contribution >= 4 is 27.3 Å². The van der Waals surface area contributed by atoms with E-state index in [0.29, 0.717) is 11.6 Å². The molecule has 1 amide bonds. The molecule has 2 rings (SSSR count). The van der Waals surface area contributed by atoms with Crippen molar-refractivity contribution in [2.45, 2.75) is 12.8 Å². The lowest BCUT2D eigenvalue weighted by molar-refractivity contribution is -0.115. The summed E-state index contributed by atoms with van der Waals surface area (Å²) in [6.45, 7) is 0.987. The molecule has 0 spiro atoms. The van der Waals surface area contributed by atoms with E-state index in [0.717, 1.165) is 18.9 Å². The first kappa shape index (κ1) is 15.7. The average Bonchev–Trinajstić information content (AvgIpc) is 3.16. The molecule has 1 saturated carbocycles. The number of hydrogen-bond acceptors (Lipinski definition) is 4. The van der Waals surface area contributed by atoms with Gasteiger partial charge in [0.25, 0.3) is 0 Å². The molecular weight excluding hydrogens is 297 g/mol. The molecule has 1 aromatic carbocycles. The Morgan fingerprint density at radius 1 is 1.38 bits per heavy atom. The second-order valence-corrected chi connectivity index (χ2v) is 6.94. The minimum absolute atomic E-state index is 0.169. The van der Waals surface area contributed by atoms with Crippen LogP contribution in [0.15, 0.2) is 18.2 Å². The van der Waals surface area contributed by atoms with Crippen LogP contribution in [0.4, 0.5) is 15.8 Å². The monoisotopic (exact) mass is 315 g/mol. The maximum absolute atomic E-state index is 13.5. The molecule has 3 N–H and O–H groups in total. The molecule has 1 fully saturated rings. The van der Waals surface area contributed by atoms with Crippen LogP contribution in [0.5, 0.6) is 0 Å². The van der Waals surface area contributed by atoms with Gasteiger partial charge in [-0.1, -0.05) is 0 Å². The van der Waals surface area contributed by atoms with Crippen LogP contribution in [-0.4, -0.2) is 33.7 Å². The number of carbonyl (C=O) groups excluding carboxylic acids is 1. The second-order valence-electron chi connectivity index (χ2n) is 5.19. The minimum atomic E-state index is -3.58. The van der Waals surface area contributed by atoms with Gasteiger partial charge in [-0.25, -0.2) is 12.8 Å². The Kier molecular flexibility index (Phi) is 4.79. The molecule has 0 atom stereocenters. The van der Waals surface area contributed by atoms with Crippen molar-refractivity contribution in [2.24, 2.45) is 5.92 Å². The zero-order valence-electron chi connectivity index (χ0n) is 11.6. The molecule has 0 aromatic heterocycles. The van der Waals surface area contributed by atoms with Crippen LogP contribution in [0.25, 0.3) is 0 Å². The van der Waals surface area contributed by atoms with Gasteiger partial charge in [0.2, 0.25) is 15.9 Å². The molecule has 1 aliphatic rings. The van der Waals surface area contributed by atoms with E-state index in [1.165, 1.54) is 25.0 Å². The third kappa shape index (κ3) is 5.68. The van der Waals surface area contributed by atoms with Crippen molar-refractivity contribution in [3.05, 3.63) is 24.0 Å². The zero-order chi connectivity index (χ0) is 15.5. The molecule has 1 aromatic rings. The zero-order valence-corrected chi connectivity index (χ0v) is 12.5. The second kappa shape index (κ2) is 6.40. The average molecular weight is 315 g/mol. The van der Waals surface area contributed by atoms with Gasteiger partial charge in [-0.2, -0.15) is 0 Å². The van der Waals surface area contributed by atoms with Gasteiger partial charge in [0.15, 0.2) is 0 Å². The quantitative estimate of drug-likeness (QED) is 0.704. The molecule has 0 heterocycles. The van der Waals surface area contributed by atoms with E-state index in [9.17, 15) is 17.6 Å². The van der Waals surface area contributed by atoms with Crippen LogP contribution in [0.3, 0.4) is 0 Å². The fourth-order valence-electron chi connectivity index (χ4n) is 1.80. The first-order valence-corrected chi connectivity index (χ1v) is 8.50. The lowest BCUT2D eigenvalue weighted by Crippen LogP contribution is -2.29. The van der Waals surface area contributed by atoms with Crippen molar-refractivity contribution in [3.63, 3.8) is 0 Å². The van der Waals surface area contributed by atoms with Crippen molar-refractivity contribution in [3.8, 4) is 0 Å². The highest BCUT2D eigenvalue weighted by Crippen LogP contribution is 2.27. The van der Waals surface area contributed by atoms with Crippen LogP contribution < -0.4 is 15.4 Å². The number of rotatable bonds is 7. The van der Waals surface area contributed by atoms with Crippen LogP contribution >= 0.6 is 0 Å². The smallest absolute Gasteiger partial charge is 0.238 e. The van der Waals surface area contributed by atoms with Gasteiger partial charge in [-0.3, -0.25) is 9.52 Å². The number of nitrogens with one attached hydrogen (secondary N) is 3. The summed E-state index contributed by atoms with van der Waals surface area (Å²) < 4.78 is 37.8. The van der Waals surface area contributed by atoms with E-state index in [2.05, 4.69) is 15.4 Å². The molecule has 0 bridgehead atoms. The molecule has 8 heteroatoms. The predicted octanol–water partition coefficient (Wildman–Crippen LogP) is 1.14. The Balaban J connectivity index is 1.92. The van der Waals surface area contributed by atoms with Crippen molar-refractivity contribution in [1.82, 2.24) is 5.32 Å². The summed E-state index contributed by atoms with van der Waals surface area (Å²) in [5.74, 6) is -0.285. The van der Waals surface area contributed by atoms with Crippen molar-refractivity contribution < 1.29 is 17.6 Å². The third-order valence-corrected chi connectivity index (χ3v) is 3.55. The van der Waals surface area contributed by atoms with Gasteiger partial charge in [0, 0.05) is 5.69 Å². The van der Waals surface area contributed by atoms with Crippen LogP contribution in [0.2, 0.25) is 0 Å². The molecule has 1 aliphatic carbocycles. The number of sulfonamides is 1. The Bertz CT molecular complexity index is 630. The molecule has 0 aliphatic heterocycles. The van der Waals surface area contributed by atoms with E-state index in [1.54, 1.807) is 0 Å². The van der Waals surface area contributed by atoms with E-state index in [-0.39, 0.29) is 18.1 Å². The first-order valence-electron chi connectivity index (χ1n) is 6.61. The number of carbonyl (C=O) groups is 1. The molecule has 6 nitrogen and oxygen atoms in total. The maximum Gasteiger partial charge on any atom is 0.238 e. The Morgan fingerprint density at radius 2 is 2.10 bits per heavy atom. The topological polar surface area (TPSA) is 87.3 Å². The standard InChI is InChI=1S/C13H18FN3O3S/c1-21(19,20)17-12-6-10(4-5-11(12)14)16-13(18)8-15-7-9-2-3-9/h4-6,9,15,17H,2-3,7-8H2,1H3,(H,16,18). The Hall–Kier alpha value is -1.67. The van der Waals surface area contributed by atoms with Crippen molar-refractivity contribution in [2.75, 3.05) is 29.4 Å². The fourth-order valence-corrected chi connectivity index (χ4v) is 2.35. The highest BCUT2D eigenvalue weighted by Gasteiger charge is 2.20. The highest BCUT2D eigenvalue weighted by atomic mass is 32.2. The molecule has 0 radical (unpaired) electrons. The summed E-state index contributed by atoms with van der Waals surface area (Å²) >= 11 is 0. The molecule has 116 valence electrons. The van der Waals surface area contributed by atoms with E-state index >= 15 is 0 Å². The Morgan fingerprint density at radius 3 is 2.71 bits per heavy atom.